The fraction of sp³-hybridized carbons (Fsp3) is 0.533. The molecule has 5 nitrogen and oxygen atoms in total. The summed E-state index contributed by atoms with van der Waals surface area (Å²) in [5, 5.41) is 6.20. The maximum absolute atomic E-state index is 12.3. The number of benzene rings is 1. The van der Waals surface area contributed by atoms with E-state index >= 15 is 0 Å². The van der Waals surface area contributed by atoms with E-state index in [1.54, 1.807) is 24.3 Å². The minimum Gasteiger partial charge on any atom is -0.352 e. The molecule has 6 heteroatoms. The van der Waals surface area contributed by atoms with Crippen molar-refractivity contribution in [1.29, 1.82) is 0 Å². The second kappa shape index (κ2) is 6.15. The highest BCUT2D eigenvalue weighted by molar-refractivity contribution is 7.90. The van der Waals surface area contributed by atoms with E-state index < -0.39 is 9.84 Å². The van der Waals surface area contributed by atoms with Crippen molar-refractivity contribution < 1.29 is 13.2 Å². The maximum atomic E-state index is 12.3. The van der Waals surface area contributed by atoms with Crippen LogP contribution in [0.1, 0.15) is 25.3 Å². The van der Waals surface area contributed by atoms with Crippen molar-refractivity contribution in [1.82, 2.24) is 10.6 Å². The number of hydrogen-bond donors (Lipinski definition) is 2. The summed E-state index contributed by atoms with van der Waals surface area (Å²) < 4.78 is 22.8. The smallest absolute Gasteiger partial charge is 0.226 e. The van der Waals surface area contributed by atoms with Crippen LogP contribution in [0.3, 0.4) is 0 Å². The first-order valence-corrected chi connectivity index (χ1v) is 8.98. The molecular formula is C15H22N2O3S. The second-order valence-corrected chi connectivity index (χ2v) is 7.93. The van der Waals surface area contributed by atoms with Gasteiger partial charge in [-0.25, -0.2) is 8.42 Å². The molecule has 1 fully saturated rings. The number of carbonyl (C=O) groups excluding carboxylic acids is 1. The third kappa shape index (κ3) is 4.04. The van der Waals surface area contributed by atoms with Crippen molar-refractivity contribution in [3.05, 3.63) is 29.8 Å². The van der Waals surface area contributed by atoms with Crippen LogP contribution in [0.25, 0.3) is 0 Å². The van der Waals surface area contributed by atoms with Crippen molar-refractivity contribution in [2.75, 3.05) is 19.3 Å². The molecule has 1 aromatic rings. The highest BCUT2D eigenvalue weighted by Gasteiger charge is 2.34. The lowest BCUT2D eigenvalue weighted by molar-refractivity contribution is -0.131. The SMILES string of the molecule is CC1(C(=O)NCc2ccc(S(C)(=O)=O)cc2)CCNCC1. The van der Waals surface area contributed by atoms with Gasteiger partial charge in [-0.15, -0.1) is 0 Å². The average molecular weight is 310 g/mol. The number of rotatable bonds is 4. The molecule has 0 atom stereocenters. The molecule has 0 aromatic heterocycles. The Bertz CT molecular complexity index is 602. The van der Waals surface area contributed by atoms with E-state index in [2.05, 4.69) is 10.6 Å². The molecule has 1 heterocycles. The zero-order valence-corrected chi connectivity index (χ0v) is 13.3. The monoisotopic (exact) mass is 310 g/mol. The summed E-state index contributed by atoms with van der Waals surface area (Å²) in [4.78, 5) is 12.6. The van der Waals surface area contributed by atoms with Gasteiger partial charge in [0.05, 0.1) is 4.90 Å². The number of amides is 1. The van der Waals surface area contributed by atoms with Crippen molar-refractivity contribution >= 4 is 15.7 Å². The van der Waals surface area contributed by atoms with Gasteiger partial charge >= 0.3 is 0 Å². The average Bonchev–Trinajstić information content (AvgIpc) is 2.45. The fourth-order valence-electron chi connectivity index (χ4n) is 2.46. The van der Waals surface area contributed by atoms with Gasteiger partial charge in [0.15, 0.2) is 9.84 Å². The molecule has 2 N–H and O–H groups in total. The van der Waals surface area contributed by atoms with E-state index in [1.165, 1.54) is 6.26 Å². The normalized spacial score (nSPS) is 18.2. The van der Waals surface area contributed by atoms with Crippen molar-refractivity contribution in [2.24, 2.45) is 5.41 Å². The number of carbonyl (C=O) groups is 1. The summed E-state index contributed by atoms with van der Waals surface area (Å²) in [6, 6.07) is 6.62. The van der Waals surface area contributed by atoms with E-state index in [4.69, 9.17) is 0 Å². The summed E-state index contributed by atoms with van der Waals surface area (Å²) >= 11 is 0. The predicted molar refractivity (Wildman–Crippen MR) is 81.6 cm³/mol. The van der Waals surface area contributed by atoms with Crippen molar-refractivity contribution in [2.45, 2.75) is 31.2 Å². The Morgan fingerprint density at radius 1 is 1.24 bits per heavy atom. The van der Waals surface area contributed by atoms with Crippen LogP contribution in [0.5, 0.6) is 0 Å². The lowest BCUT2D eigenvalue weighted by Crippen LogP contribution is -2.45. The van der Waals surface area contributed by atoms with E-state index in [0.29, 0.717) is 11.4 Å². The molecule has 0 saturated carbocycles. The molecule has 0 bridgehead atoms. The third-order valence-corrected chi connectivity index (χ3v) is 5.19. The van der Waals surface area contributed by atoms with Gasteiger partial charge < -0.3 is 10.6 Å². The Balaban J connectivity index is 1.95. The van der Waals surface area contributed by atoms with Crippen LogP contribution in [0.4, 0.5) is 0 Å². The molecule has 1 aliphatic heterocycles. The minimum absolute atomic E-state index is 0.0659. The fourth-order valence-corrected chi connectivity index (χ4v) is 3.09. The largest absolute Gasteiger partial charge is 0.352 e. The second-order valence-electron chi connectivity index (χ2n) is 5.91. The van der Waals surface area contributed by atoms with Gasteiger partial charge in [-0.1, -0.05) is 19.1 Å². The Hall–Kier alpha value is -1.40. The van der Waals surface area contributed by atoms with Gasteiger partial charge in [0.2, 0.25) is 5.91 Å². The van der Waals surface area contributed by atoms with Gasteiger partial charge in [-0.05, 0) is 43.6 Å². The van der Waals surface area contributed by atoms with Crippen LogP contribution in [0, 0.1) is 5.41 Å². The highest BCUT2D eigenvalue weighted by Crippen LogP contribution is 2.28. The van der Waals surface area contributed by atoms with E-state index in [0.717, 1.165) is 31.5 Å². The topological polar surface area (TPSA) is 75.3 Å². The van der Waals surface area contributed by atoms with Crippen molar-refractivity contribution in [3.8, 4) is 0 Å². The summed E-state index contributed by atoms with van der Waals surface area (Å²) in [6.45, 7) is 4.15. The molecular weight excluding hydrogens is 288 g/mol. The van der Waals surface area contributed by atoms with Crippen LogP contribution in [-0.4, -0.2) is 33.7 Å². The molecule has 1 aromatic carbocycles. The summed E-state index contributed by atoms with van der Waals surface area (Å²) in [7, 11) is -3.17. The van der Waals surface area contributed by atoms with Gasteiger partial charge in [0.1, 0.15) is 0 Å². The lowest BCUT2D eigenvalue weighted by Gasteiger charge is -2.32. The van der Waals surface area contributed by atoms with Gasteiger partial charge in [-0.3, -0.25) is 4.79 Å². The first-order chi connectivity index (χ1) is 9.81. The molecule has 0 aliphatic carbocycles. The summed E-state index contributed by atoms with van der Waals surface area (Å²) in [5.41, 5.74) is 0.589. The molecule has 1 amide bonds. The number of hydrogen-bond acceptors (Lipinski definition) is 4. The Morgan fingerprint density at radius 2 is 1.81 bits per heavy atom. The molecule has 21 heavy (non-hydrogen) atoms. The lowest BCUT2D eigenvalue weighted by atomic mass is 9.80. The van der Waals surface area contributed by atoms with Gasteiger partial charge in [0.25, 0.3) is 0 Å². The number of nitrogens with one attached hydrogen (secondary N) is 2. The zero-order valence-electron chi connectivity index (χ0n) is 12.5. The molecule has 0 radical (unpaired) electrons. The number of sulfone groups is 1. The van der Waals surface area contributed by atoms with E-state index in [1.807, 2.05) is 6.92 Å². The van der Waals surface area contributed by atoms with Gasteiger partial charge in [0, 0.05) is 18.2 Å². The van der Waals surface area contributed by atoms with Crippen LogP contribution < -0.4 is 10.6 Å². The first kappa shape index (κ1) is 16.0. The summed E-state index contributed by atoms with van der Waals surface area (Å²) in [5.74, 6) is 0.0659. The Morgan fingerprint density at radius 3 is 2.33 bits per heavy atom. The van der Waals surface area contributed by atoms with Crippen LogP contribution in [-0.2, 0) is 21.2 Å². The van der Waals surface area contributed by atoms with E-state index in [9.17, 15) is 13.2 Å². The summed E-state index contributed by atoms with van der Waals surface area (Å²) in [6.07, 6.45) is 2.86. The standard InChI is InChI=1S/C15H22N2O3S/c1-15(7-9-16-10-8-15)14(18)17-11-12-3-5-13(6-4-12)21(2,19)20/h3-6,16H,7-11H2,1-2H3,(H,17,18). The molecule has 2 rings (SSSR count). The Kier molecular flexibility index (Phi) is 4.68. The van der Waals surface area contributed by atoms with Crippen molar-refractivity contribution in [3.63, 3.8) is 0 Å². The quantitative estimate of drug-likeness (QED) is 0.873. The molecule has 1 aliphatic rings. The highest BCUT2D eigenvalue weighted by atomic mass is 32.2. The minimum atomic E-state index is -3.17. The number of piperidine rings is 1. The zero-order chi connectivity index (χ0) is 15.5. The first-order valence-electron chi connectivity index (χ1n) is 7.09. The molecule has 0 unspecified atom stereocenters. The van der Waals surface area contributed by atoms with Gasteiger partial charge in [-0.2, -0.15) is 0 Å². The maximum Gasteiger partial charge on any atom is 0.226 e. The van der Waals surface area contributed by atoms with E-state index in [-0.39, 0.29) is 11.3 Å². The van der Waals surface area contributed by atoms with Crippen LogP contribution >= 0.6 is 0 Å². The molecule has 1 saturated heterocycles. The Labute approximate surface area is 126 Å². The van der Waals surface area contributed by atoms with Crippen LogP contribution in [0.15, 0.2) is 29.2 Å². The predicted octanol–water partition coefficient (Wildman–Crippen LogP) is 1.10. The van der Waals surface area contributed by atoms with Crippen LogP contribution in [0.2, 0.25) is 0 Å². The molecule has 116 valence electrons. The molecule has 0 spiro atoms. The third-order valence-electron chi connectivity index (χ3n) is 4.06.